The van der Waals surface area contributed by atoms with Crippen molar-refractivity contribution in [3.63, 3.8) is 0 Å². The molecule has 5 heteroatoms. The second-order valence-corrected chi connectivity index (χ2v) is 5.24. The number of hydrogen-bond acceptors (Lipinski definition) is 5. The van der Waals surface area contributed by atoms with Crippen LogP contribution in [0.25, 0.3) is 0 Å². The molecule has 0 aliphatic carbocycles. The second-order valence-electron chi connectivity index (χ2n) is 5.24. The van der Waals surface area contributed by atoms with Gasteiger partial charge in [-0.1, -0.05) is 19.9 Å². The first-order chi connectivity index (χ1) is 9.40. The average Bonchev–Trinajstić information content (AvgIpc) is 2.35. The fraction of sp³-hybridized carbons (Fsp3) is 0.533. The predicted octanol–water partition coefficient (Wildman–Crippen LogP) is 2.66. The first kappa shape index (κ1) is 16.1. The van der Waals surface area contributed by atoms with Crippen molar-refractivity contribution in [3.8, 4) is 0 Å². The van der Waals surface area contributed by atoms with E-state index >= 15 is 0 Å². The number of rotatable bonds is 6. The summed E-state index contributed by atoms with van der Waals surface area (Å²) in [6, 6.07) is 3.36. The molecule has 1 heterocycles. The fourth-order valence-corrected chi connectivity index (χ4v) is 1.59. The normalized spacial score (nSPS) is 12.3. The minimum absolute atomic E-state index is 0.165. The van der Waals surface area contributed by atoms with Crippen molar-refractivity contribution in [2.45, 2.75) is 46.3 Å². The van der Waals surface area contributed by atoms with Crippen LogP contribution in [0.3, 0.4) is 0 Å². The summed E-state index contributed by atoms with van der Waals surface area (Å²) in [5.74, 6) is -0.835. The summed E-state index contributed by atoms with van der Waals surface area (Å²) < 4.78 is 10.4. The number of nitrogens with zero attached hydrogens (tertiary/aromatic N) is 1. The van der Waals surface area contributed by atoms with Gasteiger partial charge in [-0.05, 0) is 25.8 Å². The quantitative estimate of drug-likeness (QED) is 0.749. The predicted molar refractivity (Wildman–Crippen MR) is 73.8 cm³/mol. The molecule has 0 aliphatic heterocycles. The summed E-state index contributed by atoms with van der Waals surface area (Å²) >= 11 is 0. The van der Waals surface area contributed by atoms with Gasteiger partial charge >= 0.3 is 11.9 Å². The second kappa shape index (κ2) is 7.62. The van der Waals surface area contributed by atoms with Gasteiger partial charge in [0.05, 0.1) is 6.10 Å². The molecular formula is C15H21NO4. The van der Waals surface area contributed by atoms with Crippen molar-refractivity contribution < 1.29 is 19.1 Å². The van der Waals surface area contributed by atoms with Crippen molar-refractivity contribution in [1.82, 2.24) is 4.98 Å². The van der Waals surface area contributed by atoms with Crippen LogP contribution in [0.1, 0.15) is 45.8 Å². The highest BCUT2D eigenvalue weighted by molar-refractivity contribution is 5.80. The van der Waals surface area contributed by atoms with Gasteiger partial charge in [-0.2, -0.15) is 0 Å². The minimum atomic E-state index is -1.06. The summed E-state index contributed by atoms with van der Waals surface area (Å²) in [5.41, 5.74) is 0.509. The Morgan fingerprint density at radius 3 is 2.40 bits per heavy atom. The van der Waals surface area contributed by atoms with E-state index in [1.165, 1.54) is 6.20 Å². The number of carbonyl (C=O) groups is 2. The zero-order chi connectivity index (χ0) is 15.1. The van der Waals surface area contributed by atoms with Crippen molar-refractivity contribution >= 4 is 11.9 Å². The maximum absolute atomic E-state index is 12.0. The van der Waals surface area contributed by atoms with Crippen LogP contribution in [0.2, 0.25) is 0 Å². The molecule has 20 heavy (non-hydrogen) atoms. The monoisotopic (exact) mass is 279 g/mol. The van der Waals surface area contributed by atoms with Gasteiger partial charge in [-0.15, -0.1) is 0 Å². The highest BCUT2D eigenvalue weighted by Gasteiger charge is 2.27. The molecule has 5 nitrogen and oxygen atoms in total. The standard InChI is InChI=1S/C15H21NO4/c1-10(2)8-13(17)20-14(15(18)19-11(3)4)12-6-5-7-16-9-12/h5-7,9-11,14H,8H2,1-4H3. The molecular weight excluding hydrogens is 258 g/mol. The third kappa shape index (κ3) is 5.38. The van der Waals surface area contributed by atoms with E-state index in [1.807, 2.05) is 13.8 Å². The van der Waals surface area contributed by atoms with Crippen molar-refractivity contribution in [1.29, 1.82) is 0 Å². The van der Waals surface area contributed by atoms with Crippen LogP contribution >= 0.6 is 0 Å². The van der Waals surface area contributed by atoms with E-state index in [0.717, 1.165) is 0 Å². The third-order valence-corrected chi connectivity index (χ3v) is 2.38. The van der Waals surface area contributed by atoms with Crippen LogP contribution in [0.5, 0.6) is 0 Å². The molecule has 1 unspecified atom stereocenters. The van der Waals surface area contributed by atoms with Crippen molar-refractivity contribution in [3.05, 3.63) is 30.1 Å². The van der Waals surface area contributed by atoms with Crippen LogP contribution in [-0.4, -0.2) is 23.0 Å². The van der Waals surface area contributed by atoms with Crippen molar-refractivity contribution in [2.75, 3.05) is 0 Å². The molecule has 110 valence electrons. The number of carbonyl (C=O) groups excluding carboxylic acids is 2. The van der Waals surface area contributed by atoms with Gasteiger partial charge in [-0.25, -0.2) is 4.79 Å². The SMILES string of the molecule is CC(C)CC(=O)OC(C(=O)OC(C)C)c1cccnc1. The topological polar surface area (TPSA) is 65.5 Å². The van der Waals surface area contributed by atoms with Crippen LogP contribution in [0.15, 0.2) is 24.5 Å². The number of hydrogen-bond donors (Lipinski definition) is 0. The van der Waals surface area contributed by atoms with E-state index in [9.17, 15) is 9.59 Å². The molecule has 1 aromatic heterocycles. The molecule has 0 fully saturated rings. The van der Waals surface area contributed by atoms with E-state index in [-0.39, 0.29) is 18.4 Å². The Labute approximate surface area is 119 Å². The third-order valence-electron chi connectivity index (χ3n) is 2.38. The van der Waals surface area contributed by atoms with Gasteiger partial charge in [0.25, 0.3) is 0 Å². The number of ether oxygens (including phenoxy) is 2. The largest absolute Gasteiger partial charge is 0.460 e. The van der Waals surface area contributed by atoms with Gasteiger partial charge in [0.2, 0.25) is 6.10 Å². The van der Waals surface area contributed by atoms with Gasteiger partial charge in [-0.3, -0.25) is 9.78 Å². The van der Waals surface area contributed by atoms with E-state index in [1.54, 1.807) is 32.2 Å². The molecule has 0 aliphatic rings. The van der Waals surface area contributed by atoms with Crippen LogP contribution in [0.4, 0.5) is 0 Å². The molecule has 0 amide bonds. The van der Waals surface area contributed by atoms with Gasteiger partial charge in [0.1, 0.15) is 0 Å². The molecule has 1 atom stereocenters. The number of esters is 2. The lowest BCUT2D eigenvalue weighted by Gasteiger charge is -2.18. The summed E-state index contributed by atoms with van der Waals surface area (Å²) in [4.78, 5) is 27.8. The minimum Gasteiger partial charge on any atom is -0.460 e. The molecule has 0 spiro atoms. The lowest BCUT2D eigenvalue weighted by Crippen LogP contribution is -2.25. The maximum atomic E-state index is 12.0. The van der Waals surface area contributed by atoms with Crippen LogP contribution in [-0.2, 0) is 19.1 Å². The molecule has 0 aromatic carbocycles. The molecule has 0 bridgehead atoms. The fourth-order valence-electron chi connectivity index (χ4n) is 1.59. The van der Waals surface area contributed by atoms with E-state index in [0.29, 0.717) is 5.56 Å². The Morgan fingerprint density at radius 1 is 1.20 bits per heavy atom. The van der Waals surface area contributed by atoms with Gasteiger partial charge < -0.3 is 9.47 Å². The molecule has 0 saturated heterocycles. The van der Waals surface area contributed by atoms with Crippen LogP contribution in [0, 0.1) is 5.92 Å². The van der Waals surface area contributed by atoms with Crippen LogP contribution < -0.4 is 0 Å². The molecule has 0 saturated carbocycles. The first-order valence-electron chi connectivity index (χ1n) is 6.70. The Balaban J connectivity index is 2.85. The summed E-state index contributed by atoms with van der Waals surface area (Å²) in [5, 5.41) is 0. The van der Waals surface area contributed by atoms with Gasteiger partial charge in [0.15, 0.2) is 0 Å². The molecule has 0 radical (unpaired) electrons. The van der Waals surface area contributed by atoms with Crippen molar-refractivity contribution in [2.24, 2.45) is 5.92 Å². The van der Waals surface area contributed by atoms with E-state index in [4.69, 9.17) is 9.47 Å². The van der Waals surface area contributed by atoms with Gasteiger partial charge in [0, 0.05) is 24.4 Å². The van der Waals surface area contributed by atoms with E-state index < -0.39 is 18.0 Å². The zero-order valence-corrected chi connectivity index (χ0v) is 12.3. The summed E-state index contributed by atoms with van der Waals surface area (Å²) in [6.45, 7) is 7.31. The van der Waals surface area contributed by atoms with E-state index in [2.05, 4.69) is 4.98 Å². The zero-order valence-electron chi connectivity index (χ0n) is 12.3. The Morgan fingerprint density at radius 2 is 1.90 bits per heavy atom. The Bertz CT molecular complexity index is 442. The lowest BCUT2D eigenvalue weighted by molar-refractivity contribution is -0.171. The maximum Gasteiger partial charge on any atom is 0.352 e. The highest BCUT2D eigenvalue weighted by atomic mass is 16.6. The summed E-state index contributed by atoms with van der Waals surface area (Å²) in [6.07, 6.45) is 2.01. The number of aromatic nitrogens is 1. The smallest absolute Gasteiger partial charge is 0.352 e. The molecule has 1 aromatic rings. The average molecular weight is 279 g/mol. The lowest BCUT2D eigenvalue weighted by atomic mass is 10.1. The number of pyridine rings is 1. The Hall–Kier alpha value is -1.91. The molecule has 0 N–H and O–H groups in total. The Kier molecular flexibility index (Phi) is 6.15. The molecule has 1 rings (SSSR count). The summed E-state index contributed by atoms with van der Waals surface area (Å²) in [7, 11) is 0. The highest BCUT2D eigenvalue weighted by Crippen LogP contribution is 2.20. The first-order valence-corrected chi connectivity index (χ1v) is 6.70.